The molecule has 0 spiro atoms. The largest absolute Gasteiger partial charge is 0.395 e. The Morgan fingerprint density at radius 1 is 1.00 bits per heavy atom. The molecule has 0 aliphatic heterocycles. The van der Waals surface area contributed by atoms with Crippen LogP contribution in [0, 0.1) is 5.82 Å². The first-order valence-electron chi connectivity index (χ1n) is 6.49. The minimum Gasteiger partial charge on any atom is -0.395 e. The molecular formula is C16H17BrFNO. The molecule has 1 N–H and O–H groups in total. The number of hydrogen-bond acceptors (Lipinski definition) is 2. The summed E-state index contributed by atoms with van der Waals surface area (Å²) in [4.78, 5) is 2.09. The van der Waals surface area contributed by atoms with Crippen LogP contribution in [-0.2, 0) is 13.1 Å². The monoisotopic (exact) mass is 337 g/mol. The molecule has 0 heterocycles. The average molecular weight is 338 g/mol. The third-order valence-electron chi connectivity index (χ3n) is 2.99. The zero-order valence-corrected chi connectivity index (χ0v) is 12.7. The second-order valence-corrected chi connectivity index (χ2v) is 5.61. The van der Waals surface area contributed by atoms with E-state index in [1.807, 2.05) is 36.4 Å². The molecule has 0 amide bonds. The third-order valence-corrected chi connectivity index (χ3v) is 3.45. The second-order valence-electron chi connectivity index (χ2n) is 4.70. The van der Waals surface area contributed by atoms with Gasteiger partial charge in [-0.25, -0.2) is 4.39 Å². The lowest BCUT2D eigenvalue weighted by Gasteiger charge is -2.21. The Hall–Kier alpha value is -1.23. The summed E-state index contributed by atoms with van der Waals surface area (Å²) in [5.41, 5.74) is 2.07. The first-order valence-corrected chi connectivity index (χ1v) is 7.29. The number of rotatable bonds is 6. The zero-order chi connectivity index (χ0) is 14.4. The summed E-state index contributed by atoms with van der Waals surface area (Å²) in [6, 6.07) is 14.9. The Labute approximate surface area is 127 Å². The van der Waals surface area contributed by atoms with Crippen LogP contribution in [0.4, 0.5) is 4.39 Å². The molecule has 2 rings (SSSR count). The molecule has 0 saturated carbocycles. The highest BCUT2D eigenvalue weighted by Crippen LogP contribution is 2.17. The fourth-order valence-electron chi connectivity index (χ4n) is 2.16. The summed E-state index contributed by atoms with van der Waals surface area (Å²) >= 11 is 3.30. The van der Waals surface area contributed by atoms with Crippen molar-refractivity contribution in [2.45, 2.75) is 13.1 Å². The smallest absolute Gasteiger partial charge is 0.124 e. The van der Waals surface area contributed by atoms with Crippen LogP contribution in [0.2, 0.25) is 0 Å². The molecule has 0 bridgehead atoms. The maximum atomic E-state index is 13.4. The Balaban J connectivity index is 2.08. The first kappa shape index (κ1) is 15.2. The first-order chi connectivity index (χ1) is 9.67. The maximum absolute atomic E-state index is 13.4. The van der Waals surface area contributed by atoms with Crippen molar-refractivity contribution in [3.8, 4) is 0 Å². The minimum atomic E-state index is -0.252. The van der Waals surface area contributed by atoms with Crippen LogP contribution >= 0.6 is 15.9 Å². The van der Waals surface area contributed by atoms with Crippen LogP contribution in [0.3, 0.4) is 0 Å². The molecule has 106 valence electrons. The summed E-state index contributed by atoms with van der Waals surface area (Å²) < 4.78 is 14.1. The summed E-state index contributed by atoms with van der Waals surface area (Å²) in [6.45, 7) is 1.98. The van der Waals surface area contributed by atoms with Gasteiger partial charge in [0.2, 0.25) is 0 Å². The minimum absolute atomic E-state index is 0.0866. The van der Waals surface area contributed by atoms with Crippen molar-refractivity contribution in [3.63, 3.8) is 0 Å². The van der Waals surface area contributed by atoms with Crippen molar-refractivity contribution in [2.24, 2.45) is 0 Å². The number of hydrogen-bond donors (Lipinski definition) is 1. The standard InChI is InChI=1S/C16H17BrFNO/c17-15-8-14(9-16(18)10-15)12-19(6-7-20)11-13-4-2-1-3-5-13/h1-5,8-10,20H,6-7,11-12H2. The molecule has 2 aromatic carbocycles. The molecular weight excluding hydrogens is 321 g/mol. The van der Waals surface area contributed by atoms with Crippen LogP contribution in [0.1, 0.15) is 11.1 Å². The molecule has 0 radical (unpaired) electrons. The summed E-state index contributed by atoms with van der Waals surface area (Å²) in [5.74, 6) is -0.252. The van der Waals surface area contributed by atoms with Crippen molar-refractivity contribution in [3.05, 3.63) is 69.9 Å². The van der Waals surface area contributed by atoms with Crippen molar-refractivity contribution in [1.29, 1.82) is 0 Å². The van der Waals surface area contributed by atoms with E-state index in [2.05, 4.69) is 20.8 Å². The van der Waals surface area contributed by atoms with Crippen LogP contribution in [0.15, 0.2) is 53.0 Å². The summed E-state index contributed by atoms with van der Waals surface area (Å²) in [7, 11) is 0. The molecule has 0 atom stereocenters. The molecule has 2 nitrogen and oxygen atoms in total. The van der Waals surface area contributed by atoms with Gasteiger partial charge in [-0.3, -0.25) is 4.90 Å². The highest BCUT2D eigenvalue weighted by Gasteiger charge is 2.08. The molecule has 0 saturated heterocycles. The van der Waals surface area contributed by atoms with E-state index in [1.165, 1.54) is 17.7 Å². The summed E-state index contributed by atoms with van der Waals surface area (Å²) in [6.07, 6.45) is 0. The van der Waals surface area contributed by atoms with Crippen molar-refractivity contribution in [1.82, 2.24) is 4.90 Å². The van der Waals surface area contributed by atoms with E-state index in [0.717, 1.165) is 16.6 Å². The fraction of sp³-hybridized carbons (Fsp3) is 0.250. The molecule has 0 aromatic heterocycles. The SMILES string of the molecule is OCCN(Cc1ccccc1)Cc1cc(F)cc(Br)c1. The van der Waals surface area contributed by atoms with Gasteiger partial charge in [0.05, 0.1) is 6.61 Å². The maximum Gasteiger partial charge on any atom is 0.124 e. The predicted molar refractivity (Wildman–Crippen MR) is 81.7 cm³/mol. The Morgan fingerprint density at radius 2 is 1.70 bits per heavy atom. The van der Waals surface area contributed by atoms with Gasteiger partial charge in [0.25, 0.3) is 0 Å². The van der Waals surface area contributed by atoms with Gasteiger partial charge in [0.15, 0.2) is 0 Å². The van der Waals surface area contributed by atoms with E-state index in [1.54, 1.807) is 0 Å². The average Bonchev–Trinajstić information content (AvgIpc) is 2.39. The number of nitrogens with zero attached hydrogens (tertiary/aromatic N) is 1. The number of benzene rings is 2. The molecule has 0 fully saturated rings. The fourth-order valence-corrected chi connectivity index (χ4v) is 2.67. The van der Waals surface area contributed by atoms with E-state index in [-0.39, 0.29) is 12.4 Å². The third kappa shape index (κ3) is 4.71. The van der Waals surface area contributed by atoms with Crippen LogP contribution < -0.4 is 0 Å². The summed E-state index contributed by atoms with van der Waals surface area (Å²) in [5, 5.41) is 9.18. The Bertz CT molecular complexity index is 527. The van der Waals surface area contributed by atoms with Crippen molar-refractivity contribution < 1.29 is 9.50 Å². The highest BCUT2D eigenvalue weighted by molar-refractivity contribution is 9.10. The Kier molecular flexibility index (Phi) is 5.71. The number of aliphatic hydroxyl groups excluding tert-OH is 1. The quantitative estimate of drug-likeness (QED) is 0.870. The van der Waals surface area contributed by atoms with Gasteiger partial charge in [-0.1, -0.05) is 46.3 Å². The molecule has 4 heteroatoms. The van der Waals surface area contributed by atoms with Gasteiger partial charge in [-0.05, 0) is 29.3 Å². The van der Waals surface area contributed by atoms with Crippen LogP contribution in [0.25, 0.3) is 0 Å². The number of aliphatic hydroxyl groups is 1. The number of halogens is 2. The van der Waals surface area contributed by atoms with Crippen molar-refractivity contribution in [2.75, 3.05) is 13.2 Å². The zero-order valence-electron chi connectivity index (χ0n) is 11.1. The molecule has 2 aromatic rings. The lowest BCUT2D eigenvalue weighted by Crippen LogP contribution is -2.26. The van der Waals surface area contributed by atoms with E-state index >= 15 is 0 Å². The van der Waals surface area contributed by atoms with Gasteiger partial charge in [0.1, 0.15) is 5.82 Å². The van der Waals surface area contributed by atoms with Crippen molar-refractivity contribution >= 4 is 15.9 Å². The van der Waals surface area contributed by atoms with Crippen LogP contribution in [0.5, 0.6) is 0 Å². The lowest BCUT2D eigenvalue weighted by molar-refractivity contribution is 0.184. The van der Waals surface area contributed by atoms with E-state index in [4.69, 9.17) is 0 Å². The van der Waals surface area contributed by atoms with E-state index < -0.39 is 0 Å². The topological polar surface area (TPSA) is 23.5 Å². The van der Waals surface area contributed by atoms with Crippen LogP contribution in [-0.4, -0.2) is 23.2 Å². The molecule has 20 heavy (non-hydrogen) atoms. The van der Waals surface area contributed by atoms with Gasteiger partial charge < -0.3 is 5.11 Å². The van der Waals surface area contributed by atoms with Gasteiger partial charge >= 0.3 is 0 Å². The Morgan fingerprint density at radius 3 is 2.35 bits per heavy atom. The normalized spacial score (nSPS) is 11.0. The second kappa shape index (κ2) is 7.53. The molecule has 0 aliphatic rings. The van der Waals surface area contributed by atoms with E-state index in [9.17, 15) is 9.50 Å². The predicted octanol–water partition coefficient (Wildman–Crippen LogP) is 3.58. The highest BCUT2D eigenvalue weighted by atomic mass is 79.9. The van der Waals surface area contributed by atoms with Gasteiger partial charge in [-0.15, -0.1) is 0 Å². The van der Waals surface area contributed by atoms with E-state index in [0.29, 0.717) is 13.1 Å². The lowest BCUT2D eigenvalue weighted by atomic mass is 10.1. The molecule has 0 aliphatic carbocycles. The van der Waals surface area contributed by atoms with Gasteiger partial charge in [0, 0.05) is 24.1 Å². The molecule has 0 unspecified atom stereocenters. The van der Waals surface area contributed by atoms with Gasteiger partial charge in [-0.2, -0.15) is 0 Å².